The van der Waals surface area contributed by atoms with Gasteiger partial charge in [0.05, 0.1) is 18.2 Å². The molecule has 5 aromatic rings. The Morgan fingerprint density at radius 2 is 1.88 bits per heavy atom. The monoisotopic (exact) mass is 568 g/mol. The van der Waals surface area contributed by atoms with E-state index in [2.05, 4.69) is 24.9 Å². The summed E-state index contributed by atoms with van der Waals surface area (Å²) < 4.78 is 69.3. The van der Waals surface area contributed by atoms with Gasteiger partial charge in [-0.2, -0.15) is 18.2 Å². The van der Waals surface area contributed by atoms with Gasteiger partial charge in [-0.15, -0.1) is 0 Å². The van der Waals surface area contributed by atoms with Crippen LogP contribution in [0.4, 0.5) is 17.6 Å². The number of fused-ring (bicyclic) bond motifs is 1. The fourth-order valence-electron chi connectivity index (χ4n) is 4.60. The second-order valence-electron chi connectivity index (χ2n) is 9.63. The molecule has 0 unspecified atom stereocenters. The highest BCUT2D eigenvalue weighted by Gasteiger charge is 2.35. The Labute approximate surface area is 231 Å². The van der Waals surface area contributed by atoms with Gasteiger partial charge in [-0.25, -0.2) is 29.3 Å². The third kappa shape index (κ3) is 4.93. The van der Waals surface area contributed by atoms with E-state index >= 15 is 4.39 Å². The maximum atomic E-state index is 15.1. The van der Waals surface area contributed by atoms with Crippen LogP contribution < -0.4 is 9.47 Å². The van der Waals surface area contributed by atoms with E-state index in [1.807, 2.05) is 17.8 Å². The highest BCUT2D eigenvalue weighted by molar-refractivity contribution is 5.84. The molecule has 0 spiro atoms. The normalized spacial score (nSPS) is 13.6. The predicted octanol–water partition coefficient (Wildman–Crippen LogP) is 5.33. The molecule has 0 atom stereocenters. The number of rotatable bonds is 8. The number of halogens is 4. The molecule has 1 saturated carbocycles. The second kappa shape index (κ2) is 10.1. The molecule has 1 aliphatic rings. The zero-order valence-corrected chi connectivity index (χ0v) is 22.3. The van der Waals surface area contributed by atoms with Crippen LogP contribution in [0.25, 0.3) is 33.9 Å². The number of hydrogen-bond acceptors (Lipinski definition) is 8. The van der Waals surface area contributed by atoms with Gasteiger partial charge in [-0.1, -0.05) is 0 Å². The Morgan fingerprint density at radius 1 is 1.07 bits per heavy atom. The molecule has 14 heteroatoms. The molecule has 0 aromatic carbocycles. The molecule has 0 amide bonds. The third-order valence-corrected chi connectivity index (χ3v) is 6.81. The van der Waals surface area contributed by atoms with Crippen LogP contribution in [-0.4, -0.2) is 46.1 Å². The lowest BCUT2D eigenvalue weighted by molar-refractivity contribution is -0.140. The summed E-state index contributed by atoms with van der Waals surface area (Å²) >= 11 is 0. The fraction of sp³-hybridized carbons (Fsp3) is 0.333. The molecule has 0 bridgehead atoms. The summed E-state index contributed by atoms with van der Waals surface area (Å²) in [5, 5.41) is 0.634. The van der Waals surface area contributed by atoms with Crippen molar-refractivity contribution in [3.63, 3.8) is 0 Å². The van der Waals surface area contributed by atoms with Gasteiger partial charge in [-0.3, -0.25) is 0 Å². The van der Waals surface area contributed by atoms with Crippen molar-refractivity contribution in [1.29, 1.82) is 0 Å². The van der Waals surface area contributed by atoms with Gasteiger partial charge in [0.1, 0.15) is 29.8 Å². The van der Waals surface area contributed by atoms with Crippen molar-refractivity contribution in [2.24, 2.45) is 7.05 Å². The van der Waals surface area contributed by atoms with Crippen LogP contribution in [0.1, 0.15) is 42.6 Å². The molecule has 212 valence electrons. The molecular formula is C27H24F4N8O2. The van der Waals surface area contributed by atoms with Gasteiger partial charge < -0.3 is 18.6 Å². The maximum Gasteiger partial charge on any atom is 0.434 e. The highest BCUT2D eigenvalue weighted by atomic mass is 19.4. The smallest absolute Gasteiger partial charge is 0.434 e. The number of pyridine rings is 1. The predicted molar refractivity (Wildman–Crippen MR) is 138 cm³/mol. The zero-order chi connectivity index (χ0) is 28.9. The van der Waals surface area contributed by atoms with Crippen molar-refractivity contribution in [3.05, 3.63) is 59.8 Å². The minimum Gasteiger partial charge on any atom is -0.480 e. The molecule has 0 N–H and O–H groups in total. The first-order valence-electron chi connectivity index (χ1n) is 12.8. The van der Waals surface area contributed by atoms with Crippen molar-refractivity contribution in [2.45, 2.75) is 45.0 Å². The van der Waals surface area contributed by atoms with Crippen molar-refractivity contribution < 1.29 is 27.0 Å². The van der Waals surface area contributed by atoms with Gasteiger partial charge in [0.25, 0.3) is 0 Å². The molecule has 6 rings (SSSR count). The molecule has 0 aliphatic heterocycles. The zero-order valence-electron chi connectivity index (χ0n) is 22.3. The average Bonchev–Trinajstić information content (AvgIpc) is 3.60. The quantitative estimate of drug-likeness (QED) is 0.232. The van der Waals surface area contributed by atoms with Crippen molar-refractivity contribution >= 4 is 11.0 Å². The molecule has 0 saturated heterocycles. The first-order valence-corrected chi connectivity index (χ1v) is 12.8. The average molecular weight is 569 g/mol. The number of imidazole rings is 1. The first-order chi connectivity index (χ1) is 19.7. The minimum atomic E-state index is -4.66. The van der Waals surface area contributed by atoms with Crippen LogP contribution in [0.3, 0.4) is 0 Å². The van der Waals surface area contributed by atoms with Gasteiger partial charge >= 0.3 is 6.18 Å². The number of alkyl halides is 3. The lowest BCUT2D eigenvalue weighted by atomic mass is 10.1. The van der Waals surface area contributed by atoms with E-state index in [0.717, 1.165) is 30.8 Å². The second-order valence-corrected chi connectivity index (χ2v) is 9.63. The Balaban J connectivity index is 1.33. The van der Waals surface area contributed by atoms with Gasteiger partial charge in [0.2, 0.25) is 11.8 Å². The Hall–Kier alpha value is -4.62. The summed E-state index contributed by atoms with van der Waals surface area (Å²) in [6.07, 6.45) is 2.78. The lowest BCUT2D eigenvalue weighted by Crippen LogP contribution is -2.06. The van der Waals surface area contributed by atoms with E-state index < -0.39 is 17.7 Å². The van der Waals surface area contributed by atoms with E-state index in [9.17, 15) is 13.2 Å². The van der Waals surface area contributed by atoms with Crippen molar-refractivity contribution in [1.82, 2.24) is 39.0 Å². The molecule has 10 nitrogen and oxygen atoms in total. The Bertz CT molecular complexity index is 1760. The number of hydrogen-bond donors (Lipinski definition) is 0. The van der Waals surface area contributed by atoms with Gasteiger partial charge in [0, 0.05) is 43.7 Å². The summed E-state index contributed by atoms with van der Waals surface area (Å²) in [5.74, 6) is 0.166. The number of methoxy groups -OCH3 is 1. The Morgan fingerprint density at radius 3 is 2.56 bits per heavy atom. The molecule has 5 heterocycles. The topological polar surface area (TPSA) is 106 Å². The van der Waals surface area contributed by atoms with E-state index in [-0.39, 0.29) is 36.5 Å². The SMILES string of the molecule is CCn1cc(C(F)(F)F)nc1-c1ncc(COc2nc(-c3c(OC)ncnc3C3CC3)nc3c2ccn3C)cc1F. The van der Waals surface area contributed by atoms with Gasteiger partial charge in [-0.05, 0) is 31.9 Å². The van der Waals surface area contributed by atoms with Crippen LogP contribution in [0.5, 0.6) is 11.8 Å². The molecule has 0 radical (unpaired) electrons. The lowest BCUT2D eigenvalue weighted by Gasteiger charge is -2.13. The van der Waals surface area contributed by atoms with Crippen LogP contribution in [0.15, 0.2) is 37.1 Å². The standard InChI is InChI=1S/C27H24F4N8O2/c1-4-39-11-18(27(29,30)31)35-24(39)21-17(28)9-14(10-32-21)12-41-25-16-7-8-38(2)23(16)36-22(37-25)19-20(15-5-6-15)33-13-34-26(19)40-3/h7-11,13,15H,4-6,12H2,1-3H3. The van der Waals surface area contributed by atoms with E-state index in [4.69, 9.17) is 14.5 Å². The summed E-state index contributed by atoms with van der Waals surface area (Å²) in [6.45, 7) is 1.68. The van der Waals surface area contributed by atoms with Crippen molar-refractivity contribution in [2.75, 3.05) is 7.11 Å². The third-order valence-electron chi connectivity index (χ3n) is 6.81. The summed E-state index contributed by atoms with van der Waals surface area (Å²) in [5.41, 5.74) is 0.943. The van der Waals surface area contributed by atoms with Crippen LogP contribution in [0.2, 0.25) is 0 Å². The fourth-order valence-corrected chi connectivity index (χ4v) is 4.60. The highest BCUT2D eigenvalue weighted by Crippen LogP contribution is 2.45. The molecule has 5 aromatic heterocycles. The van der Waals surface area contributed by atoms with E-state index in [1.54, 1.807) is 13.0 Å². The molecule has 41 heavy (non-hydrogen) atoms. The number of aromatic nitrogens is 8. The molecule has 1 aliphatic carbocycles. The van der Waals surface area contributed by atoms with E-state index in [1.165, 1.54) is 24.2 Å². The largest absolute Gasteiger partial charge is 0.480 e. The Kier molecular flexibility index (Phi) is 6.54. The first kappa shape index (κ1) is 26.6. The van der Waals surface area contributed by atoms with Crippen LogP contribution in [-0.2, 0) is 26.4 Å². The molecule has 1 fully saturated rings. The summed E-state index contributed by atoms with van der Waals surface area (Å²) in [7, 11) is 3.36. The number of nitrogens with zero attached hydrogens (tertiary/aromatic N) is 8. The van der Waals surface area contributed by atoms with Crippen LogP contribution >= 0.6 is 0 Å². The van der Waals surface area contributed by atoms with Crippen molar-refractivity contribution in [3.8, 4) is 34.7 Å². The maximum absolute atomic E-state index is 15.1. The number of ether oxygens (including phenoxy) is 2. The van der Waals surface area contributed by atoms with E-state index in [0.29, 0.717) is 33.9 Å². The summed E-state index contributed by atoms with van der Waals surface area (Å²) in [4.78, 5) is 25.8. The summed E-state index contributed by atoms with van der Waals surface area (Å²) in [6, 6.07) is 2.97. The molecular weight excluding hydrogens is 544 g/mol. The number of aryl methyl sites for hydroxylation is 2. The minimum absolute atomic E-state index is 0.113. The van der Waals surface area contributed by atoms with Crippen LogP contribution in [0, 0.1) is 5.82 Å². The van der Waals surface area contributed by atoms with Gasteiger partial charge in [0.15, 0.2) is 23.2 Å².